The lowest BCUT2D eigenvalue weighted by molar-refractivity contribution is 0.0734. The van der Waals surface area contributed by atoms with Crippen molar-refractivity contribution < 1.29 is 14.1 Å². The quantitative estimate of drug-likeness (QED) is 0.542. The van der Waals surface area contributed by atoms with Gasteiger partial charge in [-0.2, -0.15) is 4.98 Å². The smallest absolute Gasteiger partial charge is 0.343 e. The second-order valence-corrected chi connectivity index (χ2v) is 5.30. The zero-order valence-electron chi connectivity index (χ0n) is 13.2. The van der Waals surface area contributed by atoms with Gasteiger partial charge in [0.05, 0.1) is 5.56 Å². The van der Waals surface area contributed by atoms with Gasteiger partial charge in [-0.15, -0.1) is 0 Å². The number of nitrogens with zero attached hydrogens (tertiary/aromatic N) is 2. The van der Waals surface area contributed by atoms with Crippen LogP contribution in [0.2, 0.25) is 0 Å². The van der Waals surface area contributed by atoms with Gasteiger partial charge in [-0.25, -0.2) is 4.79 Å². The monoisotopic (exact) mass is 308 g/mol. The summed E-state index contributed by atoms with van der Waals surface area (Å²) in [6.45, 7) is 5.61. The van der Waals surface area contributed by atoms with E-state index in [1.54, 1.807) is 37.3 Å². The molecule has 1 aromatic heterocycles. The molecule has 0 atom stereocenters. The Bertz CT molecular complexity index is 851. The van der Waals surface area contributed by atoms with E-state index in [1.807, 2.05) is 26.0 Å². The molecule has 2 aromatic carbocycles. The molecule has 0 N–H and O–H groups in total. The molecule has 0 saturated heterocycles. The Morgan fingerprint density at radius 2 is 1.78 bits per heavy atom. The first-order valence-electron chi connectivity index (χ1n) is 7.24. The second-order valence-electron chi connectivity index (χ2n) is 5.30. The topological polar surface area (TPSA) is 65.2 Å². The summed E-state index contributed by atoms with van der Waals surface area (Å²) in [5, 5.41) is 3.85. The van der Waals surface area contributed by atoms with E-state index in [0.29, 0.717) is 23.0 Å². The molecule has 0 fully saturated rings. The number of carbonyl (C=O) groups excluding carboxylic acids is 1. The highest BCUT2D eigenvalue weighted by molar-refractivity contribution is 5.93. The van der Waals surface area contributed by atoms with Crippen LogP contribution in [0.25, 0.3) is 11.4 Å². The van der Waals surface area contributed by atoms with Crippen molar-refractivity contribution in [3.8, 4) is 17.1 Å². The van der Waals surface area contributed by atoms with Crippen molar-refractivity contribution in [1.82, 2.24) is 10.1 Å². The van der Waals surface area contributed by atoms with E-state index in [2.05, 4.69) is 10.1 Å². The van der Waals surface area contributed by atoms with Crippen LogP contribution in [-0.4, -0.2) is 16.1 Å². The normalized spacial score (nSPS) is 10.6. The van der Waals surface area contributed by atoms with E-state index in [1.165, 1.54) is 0 Å². The number of rotatable bonds is 3. The predicted molar refractivity (Wildman–Crippen MR) is 85.3 cm³/mol. The third-order valence-corrected chi connectivity index (χ3v) is 3.68. The maximum absolute atomic E-state index is 12.3. The molecule has 0 saturated carbocycles. The van der Waals surface area contributed by atoms with Gasteiger partial charge < -0.3 is 9.26 Å². The molecule has 23 heavy (non-hydrogen) atoms. The highest BCUT2D eigenvalue weighted by atomic mass is 16.5. The van der Waals surface area contributed by atoms with Crippen molar-refractivity contribution in [3.63, 3.8) is 0 Å². The van der Waals surface area contributed by atoms with Crippen LogP contribution < -0.4 is 4.74 Å². The highest BCUT2D eigenvalue weighted by Gasteiger charge is 2.13. The average molecular weight is 308 g/mol. The minimum Gasteiger partial charge on any atom is -0.423 e. The molecule has 3 rings (SSSR count). The molecule has 0 aliphatic rings. The van der Waals surface area contributed by atoms with Gasteiger partial charge in [0.25, 0.3) is 0 Å². The van der Waals surface area contributed by atoms with E-state index in [-0.39, 0.29) is 5.97 Å². The van der Waals surface area contributed by atoms with Gasteiger partial charge in [0.15, 0.2) is 0 Å². The van der Waals surface area contributed by atoms with Crippen LogP contribution in [0, 0.1) is 20.8 Å². The van der Waals surface area contributed by atoms with Gasteiger partial charge in [-0.3, -0.25) is 0 Å². The Hall–Kier alpha value is -2.95. The van der Waals surface area contributed by atoms with Crippen molar-refractivity contribution in [2.45, 2.75) is 20.8 Å². The number of esters is 1. The predicted octanol–water partition coefficient (Wildman–Crippen LogP) is 3.88. The van der Waals surface area contributed by atoms with E-state index in [4.69, 9.17) is 9.26 Å². The van der Waals surface area contributed by atoms with Gasteiger partial charge in [0.1, 0.15) is 5.75 Å². The first-order valence-corrected chi connectivity index (χ1v) is 7.24. The summed E-state index contributed by atoms with van der Waals surface area (Å²) in [5.74, 6) is 1.12. The second kappa shape index (κ2) is 6.04. The third-order valence-electron chi connectivity index (χ3n) is 3.68. The summed E-state index contributed by atoms with van der Waals surface area (Å²) in [4.78, 5) is 16.4. The zero-order valence-corrected chi connectivity index (χ0v) is 13.2. The fourth-order valence-electron chi connectivity index (χ4n) is 2.22. The molecular weight excluding hydrogens is 292 g/mol. The highest BCUT2D eigenvalue weighted by Crippen LogP contribution is 2.21. The maximum Gasteiger partial charge on any atom is 0.343 e. The molecular formula is C18H16N2O3. The minimum atomic E-state index is -0.366. The molecule has 0 amide bonds. The molecule has 0 bridgehead atoms. The van der Waals surface area contributed by atoms with Crippen LogP contribution in [0.5, 0.6) is 5.75 Å². The van der Waals surface area contributed by atoms with Crippen molar-refractivity contribution in [1.29, 1.82) is 0 Å². The number of benzene rings is 2. The SMILES string of the molecule is Cc1nc(-c2ccc(OC(=O)c3cccc(C)c3C)cc2)no1. The van der Waals surface area contributed by atoms with Crippen LogP contribution in [-0.2, 0) is 0 Å². The molecule has 0 spiro atoms. The van der Waals surface area contributed by atoms with E-state index >= 15 is 0 Å². The third kappa shape index (κ3) is 3.13. The fraction of sp³-hybridized carbons (Fsp3) is 0.167. The molecule has 0 radical (unpaired) electrons. The lowest BCUT2D eigenvalue weighted by atomic mass is 10.0. The number of hydrogen-bond acceptors (Lipinski definition) is 5. The standard InChI is InChI=1S/C18H16N2O3/c1-11-5-4-6-16(12(11)2)18(21)22-15-9-7-14(8-10-15)17-19-13(3)23-20-17/h4-10H,1-3H3. The van der Waals surface area contributed by atoms with Gasteiger partial charge >= 0.3 is 5.97 Å². The fourth-order valence-corrected chi connectivity index (χ4v) is 2.22. The van der Waals surface area contributed by atoms with Crippen LogP contribution in [0.3, 0.4) is 0 Å². The Morgan fingerprint density at radius 1 is 1.04 bits per heavy atom. The summed E-state index contributed by atoms with van der Waals surface area (Å²) in [7, 11) is 0. The number of aryl methyl sites for hydroxylation is 2. The first kappa shape index (κ1) is 15.0. The Labute approximate surface area is 133 Å². The minimum absolute atomic E-state index is 0.366. The average Bonchev–Trinajstić information content (AvgIpc) is 2.97. The summed E-state index contributed by atoms with van der Waals surface area (Å²) >= 11 is 0. The van der Waals surface area contributed by atoms with Gasteiger partial charge in [0, 0.05) is 12.5 Å². The maximum atomic E-state index is 12.3. The summed E-state index contributed by atoms with van der Waals surface area (Å²) in [6.07, 6.45) is 0. The number of hydrogen-bond donors (Lipinski definition) is 0. The molecule has 1 heterocycles. The number of ether oxygens (including phenoxy) is 1. The largest absolute Gasteiger partial charge is 0.423 e. The number of carbonyl (C=O) groups is 1. The van der Waals surface area contributed by atoms with Crippen molar-refractivity contribution in [2.75, 3.05) is 0 Å². The van der Waals surface area contributed by atoms with Crippen molar-refractivity contribution in [2.24, 2.45) is 0 Å². The van der Waals surface area contributed by atoms with Crippen LogP contribution >= 0.6 is 0 Å². The lowest BCUT2D eigenvalue weighted by Gasteiger charge is -2.08. The molecule has 0 unspecified atom stereocenters. The first-order chi connectivity index (χ1) is 11.0. The molecule has 0 aliphatic carbocycles. The number of aromatic nitrogens is 2. The van der Waals surface area contributed by atoms with E-state index in [9.17, 15) is 4.79 Å². The van der Waals surface area contributed by atoms with Crippen LogP contribution in [0.1, 0.15) is 27.4 Å². The lowest BCUT2D eigenvalue weighted by Crippen LogP contribution is -2.10. The van der Waals surface area contributed by atoms with Crippen molar-refractivity contribution in [3.05, 3.63) is 65.0 Å². The molecule has 5 heteroatoms. The summed E-state index contributed by atoms with van der Waals surface area (Å²) in [5.41, 5.74) is 3.36. The van der Waals surface area contributed by atoms with Gasteiger partial charge in [-0.05, 0) is 55.3 Å². The van der Waals surface area contributed by atoms with Gasteiger partial charge in [0.2, 0.25) is 11.7 Å². The molecule has 3 aromatic rings. The van der Waals surface area contributed by atoms with Crippen molar-refractivity contribution >= 4 is 5.97 Å². The van der Waals surface area contributed by atoms with Crippen LogP contribution in [0.15, 0.2) is 47.0 Å². The van der Waals surface area contributed by atoms with E-state index in [0.717, 1.165) is 16.7 Å². The summed E-state index contributed by atoms with van der Waals surface area (Å²) in [6, 6.07) is 12.6. The molecule has 116 valence electrons. The van der Waals surface area contributed by atoms with E-state index < -0.39 is 0 Å². The Balaban J connectivity index is 1.78. The Morgan fingerprint density at radius 3 is 2.43 bits per heavy atom. The Kier molecular flexibility index (Phi) is 3.93. The van der Waals surface area contributed by atoms with Crippen LogP contribution in [0.4, 0.5) is 0 Å². The zero-order chi connectivity index (χ0) is 16.4. The molecule has 5 nitrogen and oxygen atoms in total. The van der Waals surface area contributed by atoms with Gasteiger partial charge in [-0.1, -0.05) is 17.3 Å². The molecule has 0 aliphatic heterocycles. The summed E-state index contributed by atoms with van der Waals surface area (Å²) < 4.78 is 10.4.